The highest BCUT2D eigenvalue weighted by Gasteiger charge is 2.35. The Kier molecular flexibility index (Phi) is 5.47. The van der Waals surface area contributed by atoms with Crippen LogP contribution >= 0.6 is 11.3 Å². The van der Waals surface area contributed by atoms with Crippen LogP contribution in [-0.4, -0.2) is 34.3 Å². The van der Waals surface area contributed by atoms with Crippen molar-refractivity contribution in [1.82, 2.24) is 9.88 Å². The maximum absolute atomic E-state index is 12.8. The number of anilines is 1. The third kappa shape index (κ3) is 4.16. The summed E-state index contributed by atoms with van der Waals surface area (Å²) >= 11 is 1.38. The molecule has 156 valence electrons. The fraction of sp³-hybridized carbons (Fsp3) is 0.348. The van der Waals surface area contributed by atoms with Crippen molar-refractivity contribution in [1.29, 1.82) is 0 Å². The van der Waals surface area contributed by atoms with E-state index in [4.69, 9.17) is 4.42 Å². The predicted molar refractivity (Wildman–Crippen MR) is 118 cm³/mol. The van der Waals surface area contributed by atoms with Crippen LogP contribution in [0.3, 0.4) is 0 Å². The lowest BCUT2D eigenvalue weighted by atomic mass is 9.86. The summed E-state index contributed by atoms with van der Waals surface area (Å²) in [7, 11) is 0. The average Bonchev–Trinajstić information content (AvgIpc) is 3.47. The van der Waals surface area contributed by atoms with E-state index in [-0.39, 0.29) is 23.0 Å². The second-order valence-electron chi connectivity index (χ2n) is 8.49. The van der Waals surface area contributed by atoms with Gasteiger partial charge in [0.05, 0.1) is 12.0 Å². The zero-order chi connectivity index (χ0) is 21.3. The second kappa shape index (κ2) is 8.07. The van der Waals surface area contributed by atoms with Crippen molar-refractivity contribution in [2.75, 3.05) is 11.9 Å². The number of hydrogen-bond donors (Lipinski definition) is 1. The molecule has 30 heavy (non-hydrogen) atoms. The van der Waals surface area contributed by atoms with Crippen molar-refractivity contribution in [2.45, 2.75) is 45.1 Å². The Balaban J connectivity index is 1.44. The maximum Gasteiger partial charge on any atom is 0.290 e. The molecule has 2 amide bonds. The molecule has 0 aliphatic carbocycles. The van der Waals surface area contributed by atoms with E-state index >= 15 is 0 Å². The summed E-state index contributed by atoms with van der Waals surface area (Å²) in [6.07, 6.45) is 2.88. The molecule has 6 nitrogen and oxygen atoms in total. The minimum Gasteiger partial charge on any atom is -0.459 e. The maximum atomic E-state index is 12.8. The number of thiazole rings is 1. The average molecular weight is 424 g/mol. The number of hydrogen-bond acceptors (Lipinski definition) is 5. The number of amides is 2. The van der Waals surface area contributed by atoms with E-state index in [1.54, 1.807) is 17.0 Å². The Morgan fingerprint density at radius 1 is 1.20 bits per heavy atom. The first-order valence-corrected chi connectivity index (χ1v) is 10.9. The van der Waals surface area contributed by atoms with Gasteiger partial charge in [0.1, 0.15) is 6.04 Å². The lowest BCUT2D eigenvalue weighted by Crippen LogP contribution is -2.43. The zero-order valence-corrected chi connectivity index (χ0v) is 18.2. The van der Waals surface area contributed by atoms with Crippen LogP contribution in [0.25, 0.3) is 11.3 Å². The first kappa shape index (κ1) is 20.3. The molecule has 1 saturated heterocycles. The number of nitrogens with zero attached hydrogens (tertiary/aromatic N) is 2. The van der Waals surface area contributed by atoms with Crippen molar-refractivity contribution in [3.63, 3.8) is 0 Å². The number of carbonyl (C=O) groups is 2. The lowest BCUT2D eigenvalue weighted by molar-refractivity contribution is -0.119. The van der Waals surface area contributed by atoms with Gasteiger partial charge in [0, 0.05) is 17.5 Å². The Labute approximate surface area is 179 Å². The minimum absolute atomic E-state index is 0.0972. The molecule has 1 aliphatic rings. The van der Waals surface area contributed by atoms with Gasteiger partial charge < -0.3 is 14.6 Å². The summed E-state index contributed by atoms with van der Waals surface area (Å²) in [5, 5.41) is 5.35. The molecule has 3 heterocycles. The van der Waals surface area contributed by atoms with Gasteiger partial charge in [-0.25, -0.2) is 4.98 Å². The normalized spacial score (nSPS) is 16.6. The van der Waals surface area contributed by atoms with Gasteiger partial charge in [0.25, 0.3) is 5.91 Å². The molecule has 0 spiro atoms. The molecule has 1 atom stereocenters. The first-order chi connectivity index (χ1) is 14.3. The number of furan rings is 1. The van der Waals surface area contributed by atoms with Gasteiger partial charge in [-0.15, -0.1) is 11.3 Å². The Bertz CT molecular complexity index is 1030. The summed E-state index contributed by atoms with van der Waals surface area (Å²) in [5.41, 5.74) is 3.19. The number of carbonyl (C=O) groups excluding carboxylic acids is 2. The SMILES string of the molecule is CC(C)(C)c1ccc(-c2csc(NC(=O)[C@@H]3CCCN3C(=O)c3ccco3)n2)cc1. The van der Waals surface area contributed by atoms with Gasteiger partial charge in [-0.2, -0.15) is 0 Å². The summed E-state index contributed by atoms with van der Waals surface area (Å²) in [6.45, 7) is 7.09. The number of benzene rings is 1. The van der Waals surface area contributed by atoms with Crippen molar-refractivity contribution in [3.8, 4) is 11.3 Å². The van der Waals surface area contributed by atoms with Crippen molar-refractivity contribution in [2.24, 2.45) is 0 Å². The van der Waals surface area contributed by atoms with E-state index in [1.807, 2.05) is 5.38 Å². The highest BCUT2D eigenvalue weighted by atomic mass is 32.1. The molecule has 3 aromatic rings. The van der Waals surface area contributed by atoms with E-state index in [9.17, 15) is 9.59 Å². The first-order valence-electron chi connectivity index (χ1n) is 10.0. The predicted octanol–water partition coefficient (Wildman–Crippen LogP) is 4.94. The zero-order valence-electron chi connectivity index (χ0n) is 17.3. The molecule has 1 aliphatic heterocycles. The molecule has 1 N–H and O–H groups in total. The van der Waals surface area contributed by atoms with Crippen LogP contribution in [0.2, 0.25) is 0 Å². The van der Waals surface area contributed by atoms with Gasteiger partial charge >= 0.3 is 0 Å². The van der Waals surface area contributed by atoms with E-state index in [0.717, 1.165) is 17.7 Å². The van der Waals surface area contributed by atoms with E-state index in [1.165, 1.54) is 23.2 Å². The molecule has 2 aromatic heterocycles. The summed E-state index contributed by atoms with van der Waals surface area (Å²) in [5.74, 6) is -0.210. The lowest BCUT2D eigenvalue weighted by Gasteiger charge is -2.22. The van der Waals surface area contributed by atoms with Crippen LogP contribution < -0.4 is 5.32 Å². The summed E-state index contributed by atoms with van der Waals surface area (Å²) in [4.78, 5) is 31.6. The fourth-order valence-electron chi connectivity index (χ4n) is 3.62. The summed E-state index contributed by atoms with van der Waals surface area (Å²) < 4.78 is 5.20. The third-order valence-electron chi connectivity index (χ3n) is 5.33. The van der Waals surface area contributed by atoms with Crippen LogP contribution in [0.4, 0.5) is 5.13 Å². The van der Waals surface area contributed by atoms with Crippen molar-refractivity contribution >= 4 is 28.3 Å². The molecule has 1 aromatic carbocycles. The fourth-order valence-corrected chi connectivity index (χ4v) is 4.34. The van der Waals surface area contributed by atoms with Crippen LogP contribution in [-0.2, 0) is 10.2 Å². The molecule has 0 bridgehead atoms. The van der Waals surface area contributed by atoms with Crippen LogP contribution in [0, 0.1) is 0 Å². The molecule has 1 fully saturated rings. The van der Waals surface area contributed by atoms with E-state index in [2.05, 4.69) is 55.3 Å². The van der Waals surface area contributed by atoms with Gasteiger partial charge in [-0.05, 0) is 36.0 Å². The second-order valence-corrected chi connectivity index (χ2v) is 9.35. The Hall–Kier alpha value is -2.93. The van der Waals surface area contributed by atoms with Crippen molar-refractivity contribution < 1.29 is 14.0 Å². The van der Waals surface area contributed by atoms with Gasteiger partial charge in [-0.3, -0.25) is 9.59 Å². The van der Waals surface area contributed by atoms with Crippen LogP contribution in [0.1, 0.15) is 49.7 Å². The smallest absolute Gasteiger partial charge is 0.290 e. The molecule has 7 heteroatoms. The van der Waals surface area contributed by atoms with Crippen molar-refractivity contribution in [3.05, 3.63) is 59.4 Å². The quantitative estimate of drug-likeness (QED) is 0.645. The monoisotopic (exact) mass is 423 g/mol. The molecule has 0 unspecified atom stereocenters. The molecule has 0 saturated carbocycles. The highest BCUT2D eigenvalue weighted by Crippen LogP contribution is 2.29. The largest absolute Gasteiger partial charge is 0.459 e. The van der Waals surface area contributed by atoms with Gasteiger partial charge in [0.2, 0.25) is 5.91 Å². The number of likely N-dealkylation sites (tertiary alicyclic amines) is 1. The Morgan fingerprint density at radius 2 is 1.97 bits per heavy atom. The van der Waals surface area contributed by atoms with Gasteiger partial charge in [0.15, 0.2) is 10.9 Å². The molecule has 4 rings (SSSR count). The molecular formula is C23H25N3O3S. The summed E-state index contributed by atoms with van der Waals surface area (Å²) in [6, 6.07) is 11.1. The third-order valence-corrected chi connectivity index (χ3v) is 6.09. The standard InChI is InChI=1S/C23H25N3O3S/c1-23(2,3)16-10-8-15(9-11-16)17-14-30-22(24-17)25-20(27)18-6-4-12-26(18)21(28)19-7-5-13-29-19/h5,7-11,13-14,18H,4,6,12H2,1-3H3,(H,24,25,27)/t18-/m0/s1. The Morgan fingerprint density at radius 3 is 2.63 bits per heavy atom. The topological polar surface area (TPSA) is 75.4 Å². The molecular weight excluding hydrogens is 398 g/mol. The minimum atomic E-state index is -0.513. The van der Waals surface area contributed by atoms with E-state index in [0.29, 0.717) is 18.1 Å². The van der Waals surface area contributed by atoms with Crippen LogP contribution in [0.15, 0.2) is 52.5 Å². The van der Waals surface area contributed by atoms with Gasteiger partial charge in [-0.1, -0.05) is 45.0 Å². The number of nitrogens with one attached hydrogen (secondary N) is 1. The van der Waals surface area contributed by atoms with E-state index < -0.39 is 6.04 Å². The van der Waals surface area contributed by atoms with Crippen LogP contribution in [0.5, 0.6) is 0 Å². The number of rotatable bonds is 4. The number of aromatic nitrogens is 1. The molecule has 0 radical (unpaired) electrons. The highest BCUT2D eigenvalue weighted by molar-refractivity contribution is 7.14.